The summed E-state index contributed by atoms with van der Waals surface area (Å²) in [6.45, 7) is 12.7. The van der Waals surface area contributed by atoms with E-state index in [0.29, 0.717) is 53.8 Å². The molecule has 1 aliphatic carbocycles. The van der Waals surface area contributed by atoms with E-state index in [1.54, 1.807) is 30.3 Å². The van der Waals surface area contributed by atoms with Gasteiger partial charge in [-0.25, -0.2) is 9.97 Å². The van der Waals surface area contributed by atoms with Gasteiger partial charge in [0.2, 0.25) is 5.91 Å². The second kappa shape index (κ2) is 8.84. The molecule has 0 aromatic carbocycles. The lowest BCUT2D eigenvalue weighted by molar-refractivity contribution is -0.121. The topological polar surface area (TPSA) is 97.3 Å². The highest BCUT2D eigenvalue weighted by atomic mass is 16.5. The predicted octanol–water partition coefficient (Wildman–Crippen LogP) is 3.44. The number of carbonyl (C=O) groups is 2. The molecule has 2 aromatic heterocycles. The summed E-state index contributed by atoms with van der Waals surface area (Å²) in [6.07, 6.45) is 2.61. The average molecular weight is 440 g/mol. The zero-order valence-corrected chi connectivity index (χ0v) is 20.1. The Morgan fingerprint density at radius 3 is 2.53 bits per heavy atom. The van der Waals surface area contributed by atoms with Gasteiger partial charge in [-0.05, 0) is 38.7 Å². The molecular weight excluding hydrogens is 406 g/mol. The molecule has 8 nitrogen and oxygen atoms in total. The standard InChI is InChI=1S/C24H33N5O3/c1-23(2,3)14-32-15-10-11-25-17(12-15)21-26-16-8-9-18(30)20(16)22(27-21)29(7)13-19(31)28-24(4,5)6/h10-12H,8-9,13-14H2,1-7H3,(H,28,31). The van der Waals surface area contributed by atoms with Gasteiger partial charge in [-0.2, -0.15) is 0 Å². The molecule has 1 amide bonds. The van der Waals surface area contributed by atoms with Crippen LogP contribution in [0.3, 0.4) is 0 Å². The fourth-order valence-corrected chi connectivity index (χ4v) is 3.38. The molecule has 8 heteroatoms. The molecule has 2 heterocycles. The number of likely N-dealkylation sites (N-methyl/N-ethyl adjacent to an activating group) is 1. The maximum atomic E-state index is 12.5. The normalized spacial score (nSPS) is 13.7. The number of ether oxygens (including phenoxy) is 1. The van der Waals surface area contributed by atoms with E-state index in [2.05, 4.69) is 41.0 Å². The van der Waals surface area contributed by atoms with Crippen molar-refractivity contribution in [1.82, 2.24) is 20.3 Å². The molecule has 0 radical (unpaired) electrons. The first-order valence-electron chi connectivity index (χ1n) is 10.9. The largest absolute Gasteiger partial charge is 0.493 e. The molecule has 32 heavy (non-hydrogen) atoms. The summed E-state index contributed by atoms with van der Waals surface area (Å²) in [5, 5.41) is 2.94. The number of aryl methyl sites for hydroxylation is 1. The number of ketones is 1. The quantitative estimate of drug-likeness (QED) is 0.736. The van der Waals surface area contributed by atoms with Crippen molar-refractivity contribution in [2.24, 2.45) is 5.41 Å². The van der Waals surface area contributed by atoms with E-state index in [1.165, 1.54) is 0 Å². The van der Waals surface area contributed by atoms with Gasteiger partial charge < -0.3 is 15.0 Å². The number of nitrogens with one attached hydrogen (secondary N) is 1. The summed E-state index contributed by atoms with van der Waals surface area (Å²) in [4.78, 5) is 40.4. The van der Waals surface area contributed by atoms with Gasteiger partial charge in [0, 0.05) is 31.3 Å². The highest BCUT2D eigenvalue weighted by Gasteiger charge is 2.29. The Morgan fingerprint density at radius 1 is 1.16 bits per heavy atom. The lowest BCUT2D eigenvalue weighted by Crippen LogP contribution is -2.45. The molecule has 0 atom stereocenters. The minimum absolute atomic E-state index is 0.000139. The maximum absolute atomic E-state index is 12.5. The molecule has 2 aromatic rings. The van der Waals surface area contributed by atoms with Gasteiger partial charge in [0.15, 0.2) is 11.6 Å². The van der Waals surface area contributed by atoms with E-state index in [-0.39, 0.29) is 29.2 Å². The summed E-state index contributed by atoms with van der Waals surface area (Å²) in [7, 11) is 1.76. The smallest absolute Gasteiger partial charge is 0.239 e. The van der Waals surface area contributed by atoms with Crippen LogP contribution >= 0.6 is 0 Å². The SMILES string of the molecule is CN(CC(=O)NC(C)(C)C)c1nc(-c2cc(OCC(C)(C)C)ccn2)nc2c1C(=O)CC2. The van der Waals surface area contributed by atoms with Crippen molar-refractivity contribution in [1.29, 1.82) is 0 Å². The van der Waals surface area contributed by atoms with Crippen molar-refractivity contribution < 1.29 is 14.3 Å². The second-order valence-corrected chi connectivity index (χ2v) is 10.5. The molecular formula is C24H33N5O3. The van der Waals surface area contributed by atoms with Crippen molar-refractivity contribution in [3.05, 3.63) is 29.6 Å². The van der Waals surface area contributed by atoms with Crippen LogP contribution in [0.15, 0.2) is 18.3 Å². The molecule has 0 bridgehead atoms. The predicted molar refractivity (Wildman–Crippen MR) is 124 cm³/mol. The molecule has 3 rings (SSSR count). The van der Waals surface area contributed by atoms with Crippen LogP contribution in [-0.4, -0.2) is 52.4 Å². The number of amides is 1. The monoisotopic (exact) mass is 439 g/mol. The number of rotatable bonds is 6. The van der Waals surface area contributed by atoms with E-state index in [0.717, 1.165) is 0 Å². The number of fused-ring (bicyclic) bond motifs is 1. The molecule has 0 unspecified atom stereocenters. The van der Waals surface area contributed by atoms with Gasteiger partial charge in [0.1, 0.15) is 17.3 Å². The maximum Gasteiger partial charge on any atom is 0.239 e. The van der Waals surface area contributed by atoms with Gasteiger partial charge in [0.25, 0.3) is 0 Å². The van der Waals surface area contributed by atoms with Gasteiger partial charge >= 0.3 is 0 Å². The Labute approximate surface area is 189 Å². The minimum Gasteiger partial charge on any atom is -0.493 e. The molecule has 0 aliphatic heterocycles. The number of aromatic nitrogens is 3. The number of hydrogen-bond donors (Lipinski definition) is 1. The third-order valence-electron chi connectivity index (χ3n) is 4.72. The van der Waals surface area contributed by atoms with Crippen molar-refractivity contribution >= 4 is 17.5 Å². The number of nitrogens with zero attached hydrogens (tertiary/aromatic N) is 4. The average Bonchev–Trinajstić information content (AvgIpc) is 3.05. The first-order chi connectivity index (χ1) is 14.8. The summed E-state index contributed by atoms with van der Waals surface area (Å²) < 4.78 is 5.91. The molecule has 0 spiro atoms. The van der Waals surface area contributed by atoms with E-state index < -0.39 is 0 Å². The Kier molecular flexibility index (Phi) is 6.53. The summed E-state index contributed by atoms with van der Waals surface area (Å²) >= 11 is 0. The van der Waals surface area contributed by atoms with Crippen LogP contribution in [0.5, 0.6) is 5.75 Å². The van der Waals surface area contributed by atoms with Crippen molar-refractivity contribution in [3.8, 4) is 17.3 Å². The van der Waals surface area contributed by atoms with Crippen LogP contribution in [0.2, 0.25) is 0 Å². The van der Waals surface area contributed by atoms with Crippen LogP contribution in [0.4, 0.5) is 5.82 Å². The lowest BCUT2D eigenvalue weighted by Gasteiger charge is -2.25. The first kappa shape index (κ1) is 23.6. The molecule has 1 N–H and O–H groups in total. The van der Waals surface area contributed by atoms with Gasteiger partial charge in [0.05, 0.1) is 24.4 Å². The first-order valence-corrected chi connectivity index (χ1v) is 10.9. The molecule has 0 saturated carbocycles. The van der Waals surface area contributed by atoms with Crippen molar-refractivity contribution in [2.75, 3.05) is 25.1 Å². The van der Waals surface area contributed by atoms with Crippen LogP contribution in [-0.2, 0) is 11.2 Å². The Morgan fingerprint density at radius 2 is 1.88 bits per heavy atom. The number of pyridine rings is 1. The molecule has 1 aliphatic rings. The fraction of sp³-hybridized carbons (Fsp3) is 0.542. The molecule has 172 valence electrons. The van der Waals surface area contributed by atoms with Crippen molar-refractivity contribution in [2.45, 2.75) is 59.9 Å². The summed E-state index contributed by atoms with van der Waals surface area (Å²) in [5.41, 5.74) is 1.44. The number of anilines is 1. The highest BCUT2D eigenvalue weighted by Crippen LogP contribution is 2.31. The number of carbonyl (C=O) groups excluding carboxylic acids is 2. The lowest BCUT2D eigenvalue weighted by atomic mass is 9.99. The fourth-order valence-electron chi connectivity index (χ4n) is 3.38. The van der Waals surface area contributed by atoms with E-state index >= 15 is 0 Å². The van der Waals surface area contributed by atoms with Crippen LogP contribution in [0.1, 0.15) is 64.0 Å². The highest BCUT2D eigenvalue weighted by molar-refractivity contribution is 6.04. The number of hydrogen-bond acceptors (Lipinski definition) is 7. The van der Waals surface area contributed by atoms with Crippen molar-refractivity contribution in [3.63, 3.8) is 0 Å². The van der Waals surface area contributed by atoms with E-state index in [4.69, 9.17) is 4.74 Å². The third-order valence-corrected chi connectivity index (χ3v) is 4.72. The zero-order chi connectivity index (χ0) is 23.7. The van der Waals surface area contributed by atoms with Gasteiger partial charge in [-0.1, -0.05) is 20.8 Å². The Hall–Kier alpha value is -3.03. The summed E-state index contributed by atoms with van der Waals surface area (Å²) in [5.74, 6) is 1.41. The minimum atomic E-state index is -0.343. The molecule has 0 saturated heterocycles. The van der Waals surface area contributed by atoms with E-state index in [9.17, 15) is 9.59 Å². The van der Waals surface area contributed by atoms with Crippen LogP contribution in [0, 0.1) is 5.41 Å². The third kappa shape index (κ3) is 6.02. The summed E-state index contributed by atoms with van der Waals surface area (Å²) in [6, 6.07) is 3.61. The Bertz CT molecular complexity index is 1020. The number of Topliss-reactive ketones (excluding diaryl/α,β-unsaturated/α-hetero) is 1. The van der Waals surface area contributed by atoms with Gasteiger partial charge in [-0.3, -0.25) is 14.6 Å². The van der Waals surface area contributed by atoms with E-state index in [1.807, 2.05) is 20.8 Å². The Balaban J connectivity index is 1.93. The molecule has 0 fully saturated rings. The van der Waals surface area contributed by atoms with Gasteiger partial charge in [-0.15, -0.1) is 0 Å². The van der Waals surface area contributed by atoms with Crippen LogP contribution < -0.4 is 15.0 Å². The zero-order valence-electron chi connectivity index (χ0n) is 20.1. The van der Waals surface area contributed by atoms with Crippen LogP contribution in [0.25, 0.3) is 11.5 Å². The second-order valence-electron chi connectivity index (χ2n) is 10.5.